The number of phosphoric acid groups is 2. The zero-order valence-corrected chi connectivity index (χ0v) is 64.8. The number of aliphatic hydroxyl groups is 1. The minimum atomic E-state index is -4.96. The Morgan fingerprint density at radius 2 is 0.500 bits per heavy atom. The van der Waals surface area contributed by atoms with E-state index in [2.05, 4.69) is 55.4 Å². The molecule has 0 aromatic heterocycles. The summed E-state index contributed by atoms with van der Waals surface area (Å²) in [6, 6.07) is 0. The molecule has 17 nitrogen and oxygen atoms in total. The van der Waals surface area contributed by atoms with Gasteiger partial charge in [-0.25, -0.2) is 9.13 Å². The molecule has 0 fully saturated rings. The molecule has 0 bridgehead atoms. The van der Waals surface area contributed by atoms with Crippen LogP contribution in [0.4, 0.5) is 0 Å². The van der Waals surface area contributed by atoms with Gasteiger partial charge in [0.25, 0.3) is 0 Å². The van der Waals surface area contributed by atoms with Crippen molar-refractivity contribution in [3.63, 3.8) is 0 Å². The van der Waals surface area contributed by atoms with E-state index in [-0.39, 0.29) is 25.7 Å². The molecule has 96 heavy (non-hydrogen) atoms. The Kier molecular flexibility index (Phi) is 65.0. The second-order valence-electron chi connectivity index (χ2n) is 29.4. The minimum absolute atomic E-state index is 0.104. The van der Waals surface area contributed by atoms with Crippen molar-refractivity contribution in [3.05, 3.63) is 0 Å². The molecule has 0 amide bonds. The largest absolute Gasteiger partial charge is 0.472 e. The highest BCUT2D eigenvalue weighted by Crippen LogP contribution is 2.45. The number of carbonyl (C=O) groups is 4. The van der Waals surface area contributed by atoms with E-state index in [1.165, 1.54) is 193 Å². The van der Waals surface area contributed by atoms with Crippen molar-refractivity contribution < 1.29 is 80.2 Å². The van der Waals surface area contributed by atoms with Crippen LogP contribution in [-0.4, -0.2) is 96.7 Å². The smallest absolute Gasteiger partial charge is 0.462 e. The van der Waals surface area contributed by atoms with Crippen LogP contribution in [0.15, 0.2) is 0 Å². The third-order valence-corrected chi connectivity index (χ3v) is 20.1. The fourth-order valence-electron chi connectivity index (χ4n) is 11.7. The number of hydrogen-bond acceptors (Lipinski definition) is 15. The van der Waals surface area contributed by atoms with Gasteiger partial charge in [0.2, 0.25) is 0 Å². The zero-order chi connectivity index (χ0) is 71.0. The topological polar surface area (TPSA) is 237 Å². The standard InChI is InChI=1S/C77H150O17P2/c1-9-70(8)56-48-40-32-23-17-12-10-11-13-18-24-33-41-49-57-74(79)87-63-72(93-76(81)59-51-43-35-25-19-15-14-16-21-29-37-45-53-67(2)3)65-91-95(83,84)89-61-71(78)62-90-96(85,86)92-66-73(64-88-75(80)58-50-42-34-28-27-31-39-47-55-69(6)7)94-77(82)60-52-44-36-26-20-22-30-38-46-54-68(4)5/h67-73,78H,9-66H2,1-8H3,(H,83,84)(H,85,86)/t70?,71?,72-,73-/m1/s1. The van der Waals surface area contributed by atoms with Crippen LogP contribution in [0, 0.1) is 23.7 Å². The SMILES string of the molecule is CCC(C)CCCCCCCCCCCCCCCCC(=O)OC[C@H](COP(=O)(O)OCC(O)COP(=O)(O)OC[C@@H](COC(=O)CCCCCCCCCCC(C)C)OC(=O)CCCCCCCCCCCC(C)C)OC(=O)CCCCCCCCCCCCCCC(C)C. The molecule has 0 spiro atoms. The van der Waals surface area contributed by atoms with E-state index in [1.54, 1.807) is 0 Å². The molecule has 0 aliphatic rings. The molecule has 6 atom stereocenters. The number of carbonyl (C=O) groups excluding carboxylic acids is 4. The van der Waals surface area contributed by atoms with E-state index in [0.29, 0.717) is 25.7 Å². The van der Waals surface area contributed by atoms with Crippen LogP contribution in [0.3, 0.4) is 0 Å². The summed E-state index contributed by atoms with van der Waals surface area (Å²) >= 11 is 0. The molecule has 0 saturated heterocycles. The molecule has 19 heteroatoms. The Balaban J connectivity index is 5.25. The van der Waals surface area contributed by atoms with E-state index in [9.17, 15) is 43.2 Å². The first-order valence-corrected chi connectivity index (χ1v) is 42.7. The average molecular weight is 1410 g/mol. The monoisotopic (exact) mass is 1410 g/mol. The molecule has 0 aromatic carbocycles. The molecule has 0 heterocycles. The van der Waals surface area contributed by atoms with Gasteiger partial charge in [0.05, 0.1) is 26.4 Å². The van der Waals surface area contributed by atoms with Gasteiger partial charge in [-0.15, -0.1) is 0 Å². The normalized spacial score (nSPS) is 14.4. The lowest BCUT2D eigenvalue weighted by Crippen LogP contribution is -2.30. The second kappa shape index (κ2) is 66.3. The Morgan fingerprint density at radius 3 is 0.740 bits per heavy atom. The van der Waals surface area contributed by atoms with Crippen molar-refractivity contribution in [2.45, 2.75) is 408 Å². The number of phosphoric ester groups is 2. The van der Waals surface area contributed by atoms with Crippen molar-refractivity contribution in [2.75, 3.05) is 39.6 Å². The third kappa shape index (κ3) is 69.2. The number of ether oxygens (including phenoxy) is 4. The summed E-state index contributed by atoms with van der Waals surface area (Å²) in [7, 11) is -9.92. The number of aliphatic hydroxyl groups excluding tert-OH is 1. The molecule has 0 aromatic rings. The Morgan fingerprint density at radius 1 is 0.292 bits per heavy atom. The van der Waals surface area contributed by atoms with E-state index in [4.69, 9.17) is 37.0 Å². The van der Waals surface area contributed by atoms with Gasteiger partial charge in [-0.05, 0) is 49.4 Å². The van der Waals surface area contributed by atoms with Crippen molar-refractivity contribution in [2.24, 2.45) is 23.7 Å². The molecular formula is C77H150O17P2. The van der Waals surface area contributed by atoms with E-state index in [1.807, 2.05) is 0 Å². The molecule has 4 unspecified atom stereocenters. The molecule has 570 valence electrons. The number of hydrogen-bond donors (Lipinski definition) is 3. The highest BCUT2D eigenvalue weighted by molar-refractivity contribution is 7.47. The first kappa shape index (κ1) is 94.1. The fourth-order valence-corrected chi connectivity index (χ4v) is 13.3. The molecule has 0 radical (unpaired) electrons. The Bertz CT molecular complexity index is 1890. The van der Waals surface area contributed by atoms with E-state index in [0.717, 1.165) is 114 Å². The number of unbranched alkanes of at least 4 members (excludes halogenated alkanes) is 39. The maximum Gasteiger partial charge on any atom is 0.472 e. The zero-order valence-electron chi connectivity index (χ0n) is 63.0. The summed E-state index contributed by atoms with van der Waals surface area (Å²) in [4.78, 5) is 72.9. The van der Waals surface area contributed by atoms with Gasteiger partial charge in [-0.3, -0.25) is 37.3 Å². The van der Waals surface area contributed by atoms with Crippen LogP contribution in [0.1, 0.15) is 389 Å². The van der Waals surface area contributed by atoms with Gasteiger partial charge in [0, 0.05) is 25.7 Å². The molecule has 0 aliphatic heterocycles. The lowest BCUT2D eigenvalue weighted by molar-refractivity contribution is -0.161. The molecule has 3 N–H and O–H groups in total. The van der Waals surface area contributed by atoms with E-state index >= 15 is 0 Å². The first-order chi connectivity index (χ1) is 46.1. The molecule has 0 saturated carbocycles. The van der Waals surface area contributed by atoms with Crippen molar-refractivity contribution in [1.29, 1.82) is 0 Å². The maximum absolute atomic E-state index is 13.1. The predicted molar refractivity (Wildman–Crippen MR) is 391 cm³/mol. The number of rotatable bonds is 74. The average Bonchev–Trinajstić information content (AvgIpc) is 2.18. The van der Waals surface area contributed by atoms with Gasteiger partial charge in [-0.2, -0.15) is 0 Å². The van der Waals surface area contributed by atoms with Crippen LogP contribution in [-0.2, 0) is 65.4 Å². The van der Waals surface area contributed by atoms with Crippen LogP contribution >= 0.6 is 15.6 Å². The summed E-state index contributed by atoms with van der Waals surface area (Å²) in [5, 5.41) is 10.6. The van der Waals surface area contributed by atoms with Crippen molar-refractivity contribution in [1.82, 2.24) is 0 Å². The van der Waals surface area contributed by atoms with E-state index < -0.39 is 97.5 Å². The van der Waals surface area contributed by atoms with Gasteiger partial charge in [0.1, 0.15) is 19.3 Å². The van der Waals surface area contributed by atoms with Crippen LogP contribution in [0.5, 0.6) is 0 Å². The Hall–Kier alpha value is -1.94. The van der Waals surface area contributed by atoms with Crippen LogP contribution in [0.25, 0.3) is 0 Å². The summed E-state index contributed by atoms with van der Waals surface area (Å²) < 4.78 is 68.6. The quantitative estimate of drug-likeness (QED) is 0.0222. The maximum atomic E-state index is 13.1. The lowest BCUT2D eigenvalue weighted by Gasteiger charge is -2.21. The fraction of sp³-hybridized carbons (Fsp3) is 0.948. The van der Waals surface area contributed by atoms with Gasteiger partial charge in [-0.1, -0.05) is 338 Å². The summed E-state index contributed by atoms with van der Waals surface area (Å²) in [6.07, 6.45) is 51.3. The highest BCUT2D eigenvalue weighted by atomic mass is 31.2. The predicted octanol–water partition coefficient (Wildman–Crippen LogP) is 22.4. The molecule has 0 rings (SSSR count). The Labute approximate surface area is 588 Å². The molecular weight excluding hydrogens is 1260 g/mol. The van der Waals surface area contributed by atoms with Gasteiger partial charge >= 0.3 is 39.5 Å². The highest BCUT2D eigenvalue weighted by Gasteiger charge is 2.30. The van der Waals surface area contributed by atoms with Crippen molar-refractivity contribution >= 4 is 39.5 Å². The first-order valence-electron chi connectivity index (χ1n) is 39.7. The van der Waals surface area contributed by atoms with Crippen LogP contribution < -0.4 is 0 Å². The third-order valence-electron chi connectivity index (χ3n) is 18.2. The summed E-state index contributed by atoms with van der Waals surface area (Å²) in [6.45, 7) is 14.2. The van der Waals surface area contributed by atoms with Gasteiger partial charge < -0.3 is 33.8 Å². The lowest BCUT2D eigenvalue weighted by atomic mass is 9.99. The summed E-state index contributed by atoms with van der Waals surface area (Å²) in [5.74, 6) is 0.969. The van der Waals surface area contributed by atoms with Crippen molar-refractivity contribution in [3.8, 4) is 0 Å². The second-order valence-corrected chi connectivity index (χ2v) is 32.3. The molecule has 0 aliphatic carbocycles. The van der Waals surface area contributed by atoms with Crippen LogP contribution in [0.2, 0.25) is 0 Å². The minimum Gasteiger partial charge on any atom is -0.462 e. The summed E-state index contributed by atoms with van der Waals surface area (Å²) in [5.41, 5.74) is 0. The van der Waals surface area contributed by atoms with Gasteiger partial charge in [0.15, 0.2) is 12.2 Å². The number of esters is 4.